The summed E-state index contributed by atoms with van der Waals surface area (Å²) in [6, 6.07) is 4.96. The molecule has 104 valence electrons. The second-order valence-corrected chi connectivity index (χ2v) is 4.81. The van der Waals surface area contributed by atoms with Crippen LogP contribution in [0.3, 0.4) is 0 Å². The minimum Gasteiger partial charge on any atom is -0.504 e. The quantitative estimate of drug-likeness (QED) is 0.896. The van der Waals surface area contributed by atoms with Gasteiger partial charge in [0.1, 0.15) is 5.82 Å². The second kappa shape index (κ2) is 5.00. The van der Waals surface area contributed by atoms with E-state index in [-0.39, 0.29) is 11.3 Å². The summed E-state index contributed by atoms with van der Waals surface area (Å²) in [6.07, 6.45) is 2.63. The molecule has 0 spiro atoms. The zero-order chi connectivity index (χ0) is 14.1. The van der Waals surface area contributed by atoms with E-state index in [9.17, 15) is 9.90 Å². The molecule has 0 saturated heterocycles. The summed E-state index contributed by atoms with van der Waals surface area (Å²) in [5.41, 5.74) is 2.36. The summed E-state index contributed by atoms with van der Waals surface area (Å²) in [7, 11) is 0. The van der Waals surface area contributed by atoms with Crippen LogP contribution in [0.15, 0.2) is 23.0 Å². The lowest BCUT2D eigenvalue weighted by molar-refractivity contribution is 0.318. The number of hydrogen-bond acceptors (Lipinski definition) is 4. The highest BCUT2D eigenvalue weighted by atomic mass is 16.5. The maximum Gasteiger partial charge on any atom is 0.254 e. The molecule has 0 bridgehead atoms. The largest absolute Gasteiger partial charge is 0.504 e. The number of fused-ring (bicyclic) bond motifs is 1. The van der Waals surface area contributed by atoms with Crippen molar-refractivity contribution in [2.24, 2.45) is 0 Å². The van der Waals surface area contributed by atoms with E-state index in [2.05, 4.69) is 9.97 Å². The van der Waals surface area contributed by atoms with E-state index >= 15 is 0 Å². The minimum atomic E-state index is -0.0615. The molecule has 1 heterocycles. The Hall–Kier alpha value is -2.30. The highest BCUT2D eigenvalue weighted by Gasteiger charge is 2.18. The Bertz CT molecular complexity index is 707. The van der Waals surface area contributed by atoms with Crippen molar-refractivity contribution in [2.75, 3.05) is 6.61 Å². The Morgan fingerprint density at radius 3 is 3.05 bits per heavy atom. The minimum absolute atomic E-state index is 0.0615. The Balaban J connectivity index is 2.07. The lowest BCUT2D eigenvalue weighted by atomic mass is 10.1. The van der Waals surface area contributed by atoms with Crippen LogP contribution in [0.25, 0.3) is 11.4 Å². The first kappa shape index (κ1) is 12.7. The van der Waals surface area contributed by atoms with Gasteiger partial charge in [-0.05, 0) is 44.4 Å². The van der Waals surface area contributed by atoms with Crippen molar-refractivity contribution in [1.29, 1.82) is 0 Å². The molecule has 2 aromatic rings. The molecule has 5 nitrogen and oxygen atoms in total. The lowest BCUT2D eigenvalue weighted by Crippen LogP contribution is -2.15. The van der Waals surface area contributed by atoms with Crippen LogP contribution in [0.5, 0.6) is 11.5 Å². The Morgan fingerprint density at radius 2 is 2.25 bits per heavy atom. The third kappa shape index (κ3) is 2.15. The number of hydrogen-bond donors (Lipinski definition) is 2. The molecule has 0 amide bonds. The van der Waals surface area contributed by atoms with Gasteiger partial charge < -0.3 is 14.8 Å². The Labute approximate surface area is 116 Å². The molecule has 1 aromatic heterocycles. The van der Waals surface area contributed by atoms with Crippen LogP contribution in [0.1, 0.15) is 24.6 Å². The number of aryl methyl sites for hydroxylation is 1. The summed E-state index contributed by atoms with van der Waals surface area (Å²) in [5.74, 6) is 1.00. The zero-order valence-electron chi connectivity index (χ0n) is 11.3. The Kier molecular flexibility index (Phi) is 3.18. The summed E-state index contributed by atoms with van der Waals surface area (Å²) in [4.78, 5) is 19.3. The number of phenolic OH excluding ortho intramolecular Hbond substituents is 1. The summed E-state index contributed by atoms with van der Waals surface area (Å²) < 4.78 is 5.35. The molecule has 0 saturated carbocycles. The van der Waals surface area contributed by atoms with Gasteiger partial charge in [0.25, 0.3) is 5.56 Å². The molecule has 0 atom stereocenters. The second-order valence-electron chi connectivity index (χ2n) is 4.81. The monoisotopic (exact) mass is 272 g/mol. The van der Waals surface area contributed by atoms with Gasteiger partial charge in [-0.2, -0.15) is 0 Å². The first-order valence-electron chi connectivity index (χ1n) is 6.77. The molecule has 0 aliphatic heterocycles. The molecule has 1 aliphatic carbocycles. The molecule has 1 aliphatic rings. The van der Waals surface area contributed by atoms with Gasteiger partial charge in [0.05, 0.1) is 12.3 Å². The van der Waals surface area contributed by atoms with Crippen LogP contribution in [0.4, 0.5) is 0 Å². The number of nitrogens with zero attached hydrogens (tertiary/aromatic N) is 1. The molecule has 3 rings (SSSR count). The molecule has 1 aromatic carbocycles. The third-order valence-corrected chi connectivity index (χ3v) is 3.47. The van der Waals surface area contributed by atoms with E-state index in [0.717, 1.165) is 36.1 Å². The van der Waals surface area contributed by atoms with Gasteiger partial charge in [0.15, 0.2) is 11.5 Å². The molecule has 2 N–H and O–H groups in total. The number of rotatable bonds is 3. The van der Waals surface area contributed by atoms with E-state index in [0.29, 0.717) is 18.2 Å². The first-order valence-corrected chi connectivity index (χ1v) is 6.77. The molecule has 20 heavy (non-hydrogen) atoms. The van der Waals surface area contributed by atoms with Crippen molar-refractivity contribution in [3.63, 3.8) is 0 Å². The van der Waals surface area contributed by atoms with Crippen molar-refractivity contribution >= 4 is 0 Å². The molecular formula is C15H16N2O3. The maximum atomic E-state index is 12.0. The maximum absolute atomic E-state index is 12.0. The van der Waals surface area contributed by atoms with Gasteiger partial charge in [-0.3, -0.25) is 4.79 Å². The average Bonchev–Trinajstić information content (AvgIpc) is 2.90. The van der Waals surface area contributed by atoms with Crippen LogP contribution < -0.4 is 10.3 Å². The van der Waals surface area contributed by atoms with Gasteiger partial charge >= 0.3 is 0 Å². The topological polar surface area (TPSA) is 75.2 Å². The molecular weight excluding hydrogens is 256 g/mol. The smallest absolute Gasteiger partial charge is 0.254 e. The number of phenols is 1. The number of nitrogens with one attached hydrogen (secondary N) is 1. The fraction of sp³-hybridized carbons (Fsp3) is 0.333. The summed E-state index contributed by atoms with van der Waals surface area (Å²) >= 11 is 0. The van der Waals surface area contributed by atoms with Crippen molar-refractivity contribution in [2.45, 2.75) is 26.2 Å². The molecule has 5 heteroatoms. The summed E-state index contributed by atoms with van der Waals surface area (Å²) in [6.45, 7) is 2.31. The highest BCUT2D eigenvalue weighted by Crippen LogP contribution is 2.30. The normalized spacial score (nSPS) is 13.2. The van der Waals surface area contributed by atoms with E-state index in [1.54, 1.807) is 18.2 Å². The first-order chi connectivity index (χ1) is 9.69. The molecule has 0 radical (unpaired) electrons. The number of aromatic amines is 1. The number of benzene rings is 1. The predicted molar refractivity (Wildman–Crippen MR) is 75.2 cm³/mol. The fourth-order valence-electron chi connectivity index (χ4n) is 2.51. The van der Waals surface area contributed by atoms with Crippen LogP contribution >= 0.6 is 0 Å². The lowest BCUT2D eigenvalue weighted by Gasteiger charge is -2.09. The van der Waals surface area contributed by atoms with Crippen molar-refractivity contribution < 1.29 is 9.84 Å². The highest BCUT2D eigenvalue weighted by molar-refractivity contribution is 5.61. The Morgan fingerprint density at radius 1 is 1.40 bits per heavy atom. The van der Waals surface area contributed by atoms with Crippen molar-refractivity contribution in [3.8, 4) is 22.9 Å². The van der Waals surface area contributed by atoms with Gasteiger partial charge in [0.2, 0.25) is 0 Å². The van der Waals surface area contributed by atoms with Crippen molar-refractivity contribution in [3.05, 3.63) is 39.8 Å². The van der Waals surface area contributed by atoms with E-state index < -0.39 is 0 Å². The van der Waals surface area contributed by atoms with E-state index in [1.807, 2.05) is 6.92 Å². The number of aromatic hydroxyl groups is 1. The predicted octanol–water partition coefficient (Wildman–Crippen LogP) is 2.03. The SMILES string of the molecule is CCOc1cc(-c2nc3c(c(=O)[nH]2)CCC3)ccc1O. The van der Waals surface area contributed by atoms with Gasteiger partial charge in [-0.25, -0.2) is 4.98 Å². The van der Waals surface area contributed by atoms with Crippen molar-refractivity contribution in [1.82, 2.24) is 9.97 Å². The molecule has 0 fully saturated rings. The standard InChI is InChI=1S/C15H16N2O3/c1-2-20-13-8-9(6-7-12(13)18)14-16-11-5-3-4-10(11)15(19)17-14/h6-8,18H,2-5H2,1H3,(H,16,17,19). The molecule has 0 unspecified atom stereocenters. The summed E-state index contributed by atoms with van der Waals surface area (Å²) in [5, 5.41) is 9.71. The number of H-pyrrole nitrogens is 1. The van der Waals surface area contributed by atoms with Crippen LogP contribution in [0, 0.1) is 0 Å². The third-order valence-electron chi connectivity index (χ3n) is 3.47. The van der Waals surface area contributed by atoms with Gasteiger partial charge in [-0.15, -0.1) is 0 Å². The zero-order valence-corrected chi connectivity index (χ0v) is 11.3. The van der Waals surface area contributed by atoms with Crippen LogP contribution in [-0.4, -0.2) is 21.7 Å². The average molecular weight is 272 g/mol. The van der Waals surface area contributed by atoms with E-state index in [4.69, 9.17) is 4.74 Å². The van der Waals surface area contributed by atoms with Crippen LogP contribution in [-0.2, 0) is 12.8 Å². The number of aromatic nitrogens is 2. The van der Waals surface area contributed by atoms with Gasteiger partial charge in [0, 0.05) is 11.1 Å². The van der Waals surface area contributed by atoms with Crippen LogP contribution in [0.2, 0.25) is 0 Å². The number of ether oxygens (including phenoxy) is 1. The fourth-order valence-corrected chi connectivity index (χ4v) is 2.51. The van der Waals surface area contributed by atoms with E-state index in [1.165, 1.54) is 0 Å². The van der Waals surface area contributed by atoms with Gasteiger partial charge in [-0.1, -0.05) is 0 Å².